The summed E-state index contributed by atoms with van der Waals surface area (Å²) in [6.07, 6.45) is 2.56. The number of carbonyl (C=O) groups excluding carboxylic acids is 1. The molecule has 3 aromatic rings. The van der Waals surface area contributed by atoms with Crippen molar-refractivity contribution in [2.45, 2.75) is 24.8 Å². The molecule has 0 saturated carbocycles. The molecule has 0 radical (unpaired) electrons. The summed E-state index contributed by atoms with van der Waals surface area (Å²) in [4.78, 5) is 13.4. The Hall–Kier alpha value is -3.75. The number of ether oxygens (including phenoxy) is 2. The van der Waals surface area contributed by atoms with Crippen molar-refractivity contribution in [3.63, 3.8) is 0 Å². The number of methoxy groups -OCH3 is 2. The molecule has 30 heavy (non-hydrogen) atoms. The van der Waals surface area contributed by atoms with Crippen LogP contribution in [0.4, 0.5) is 11.6 Å². The average Bonchev–Trinajstić information content (AvgIpc) is 3.42. The van der Waals surface area contributed by atoms with Gasteiger partial charge in [-0.15, -0.1) is 0 Å². The van der Waals surface area contributed by atoms with Crippen LogP contribution in [-0.4, -0.2) is 30.3 Å². The molecule has 5 rings (SSSR count). The van der Waals surface area contributed by atoms with E-state index >= 15 is 0 Å². The van der Waals surface area contributed by atoms with Gasteiger partial charge in [0.15, 0.2) is 5.78 Å². The second-order valence-corrected chi connectivity index (χ2v) is 7.21. The molecule has 9 nitrogen and oxygen atoms in total. The summed E-state index contributed by atoms with van der Waals surface area (Å²) in [7, 11) is 3.18. The summed E-state index contributed by atoms with van der Waals surface area (Å²) in [6, 6.07) is 8.73. The summed E-state index contributed by atoms with van der Waals surface area (Å²) in [5.41, 5.74) is 2.17. The van der Waals surface area contributed by atoms with E-state index in [2.05, 4.69) is 20.9 Å². The fraction of sp³-hybridized carbons (Fsp3) is 0.286. The lowest BCUT2D eigenvalue weighted by Gasteiger charge is -2.29. The second kappa shape index (κ2) is 7.25. The summed E-state index contributed by atoms with van der Waals surface area (Å²) >= 11 is 0. The number of nitrogens with zero attached hydrogens (tertiary/aromatic N) is 2. The summed E-state index contributed by atoms with van der Waals surface area (Å²) < 4.78 is 21.4. The summed E-state index contributed by atoms with van der Waals surface area (Å²) in [5, 5.41) is 14.4. The molecule has 2 atom stereocenters. The van der Waals surface area contributed by atoms with E-state index in [0.717, 1.165) is 17.0 Å². The van der Waals surface area contributed by atoms with E-state index in [0.29, 0.717) is 41.5 Å². The smallest absolute Gasteiger partial charge is 0.219 e. The van der Waals surface area contributed by atoms with E-state index in [-0.39, 0.29) is 11.7 Å². The van der Waals surface area contributed by atoms with Gasteiger partial charge < -0.3 is 24.5 Å². The predicted octanol–water partition coefficient (Wildman–Crippen LogP) is 3.66. The molecular formula is C21H20N4O5. The molecule has 2 aliphatic rings. The zero-order valence-corrected chi connectivity index (χ0v) is 16.5. The van der Waals surface area contributed by atoms with E-state index in [9.17, 15) is 4.79 Å². The Bertz CT molecular complexity index is 1120. The zero-order chi connectivity index (χ0) is 20.7. The molecule has 1 aliphatic carbocycles. The molecule has 0 saturated heterocycles. The van der Waals surface area contributed by atoms with Gasteiger partial charge in [0.1, 0.15) is 17.3 Å². The number of rotatable bonds is 4. The van der Waals surface area contributed by atoms with Gasteiger partial charge in [-0.2, -0.15) is 0 Å². The maximum Gasteiger partial charge on any atom is 0.219 e. The highest BCUT2D eigenvalue weighted by molar-refractivity contribution is 6.01. The Kier molecular flexibility index (Phi) is 4.42. The van der Waals surface area contributed by atoms with Gasteiger partial charge in [0.05, 0.1) is 26.5 Å². The van der Waals surface area contributed by atoms with E-state index < -0.39 is 6.04 Å². The van der Waals surface area contributed by atoms with Crippen LogP contribution in [0.25, 0.3) is 0 Å². The van der Waals surface area contributed by atoms with Crippen molar-refractivity contribution in [1.82, 2.24) is 10.3 Å². The van der Waals surface area contributed by atoms with Gasteiger partial charge >= 0.3 is 0 Å². The third-order valence-corrected chi connectivity index (χ3v) is 5.53. The number of Topliss-reactive ketones (excluding diaryl/α,β-unsaturated/α-hetero) is 1. The third-order valence-electron chi connectivity index (χ3n) is 5.53. The Morgan fingerprint density at radius 3 is 2.73 bits per heavy atom. The highest BCUT2D eigenvalue weighted by Crippen LogP contribution is 2.45. The number of furan rings is 1. The van der Waals surface area contributed by atoms with Crippen LogP contribution in [0.15, 0.2) is 56.9 Å². The van der Waals surface area contributed by atoms with E-state index in [1.54, 1.807) is 26.5 Å². The molecule has 0 spiro atoms. The number of hydrogen-bond acceptors (Lipinski definition) is 9. The monoisotopic (exact) mass is 408 g/mol. The van der Waals surface area contributed by atoms with E-state index in [1.165, 1.54) is 0 Å². The van der Waals surface area contributed by atoms with Gasteiger partial charge in [-0.05, 0) is 41.0 Å². The molecule has 1 aliphatic heterocycles. The number of benzene rings is 1. The van der Waals surface area contributed by atoms with Crippen molar-refractivity contribution >= 4 is 17.4 Å². The fourth-order valence-corrected chi connectivity index (χ4v) is 4.12. The zero-order valence-electron chi connectivity index (χ0n) is 16.5. The Morgan fingerprint density at radius 1 is 1.10 bits per heavy atom. The van der Waals surface area contributed by atoms with Crippen molar-refractivity contribution in [1.29, 1.82) is 0 Å². The van der Waals surface area contributed by atoms with Crippen LogP contribution in [0.3, 0.4) is 0 Å². The largest absolute Gasteiger partial charge is 0.497 e. The van der Waals surface area contributed by atoms with Crippen LogP contribution in [-0.2, 0) is 4.79 Å². The van der Waals surface area contributed by atoms with Crippen LogP contribution < -0.4 is 20.1 Å². The van der Waals surface area contributed by atoms with Crippen molar-refractivity contribution in [2.75, 3.05) is 24.9 Å². The van der Waals surface area contributed by atoms with Gasteiger partial charge in [-0.25, -0.2) is 4.63 Å². The summed E-state index contributed by atoms with van der Waals surface area (Å²) in [6.45, 7) is 0. The number of carbonyl (C=O) groups is 1. The first-order chi connectivity index (χ1) is 14.7. The molecule has 9 heteroatoms. The van der Waals surface area contributed by atoms with Crippen LogP contribution in [0, 0.1) is 0 Å². The van der Waals surface area contributed by atoms with Crippen LogP contribution in [0.1, 0.15) is 36.1 Å². The quantitative estimate of drug-likeness (QED) is 0.668. The lowest BCUT2D eigenvalue weighted by molar-refractivity contribution is -0.116. The summed E-state index contributed by atoms with van der Waals surface area (Å²) in [5.74, 6) is 2.86. The number of fused-ring (bicyclic) bond motifs is 1. The number of nitrogens with one attached hydrogen (secondary N) is 2. The number of aromatic nitrogens is 2. The fourth-order valence-electron chi connectivity index (χ4n) is 4.12. The van der Waals surface area contributed by atoms with Gasteiger partial charge in [-0.1, -0.05) is 0 Å². The minimum absolute atomic E-state index is 0.0163. The first-order valence-corrected chi connectivity index (χ1v) is 9.55. The first kappa shape index (κ1) is 18.3. The molecule has 0 bridgehead atoms. The molecule has 2 aromatic heterocycles. The van der Waals surface area contributed by atoms with E-state index in [4.69, 9.17) is 18.5 Å². The van der Waals surface area contributed by atoms with Crippen molar-refractivity contribution < 1.29 is 23.3 Å². The van der Waals surface area contributed by atoms with E-state index in [1.807, 2.05) is 24.3 Å². The van der Waals surface area contributed by atoms with Crippen LogP contribution >= 0.6 is 0 Å². The number of ketones is 1. The number of anilines is 2. The molecule has 0 fully saturated rings. The minimum Gasteiger partial charge on any atom is -0.497 e. The van der Waals surface area contributed by atoms with Crippen LogP contribution in [0.5, 0.6) is 11.5 Å². The highest BCUT2D eigenvalue weighted by Gasteiger charge is 2.39. The maximum absolute atomic E-state index is 13.4. The number of hydrogen-bond donors (Lipinski definition) is 2. The molecule has 2 N–H and O–H groups in total. The van der Waals surface area contributed by atoms with Gasteiger partial charge in [0.25, 0.3) is 0 Å². The van der Waals surface area contributed by atoms with Crippen molar-refractivity contribution in [3.05, 3.63) is 59.2 Å². The van der Waals surface area contributed by atoms with Gasteiger partial charge in [0.2, 0.25) is 11.6 Å². The van der Waals surface area contributed by atoms with Crippen LogP contribution in [0.2, 0.25) is 0 Å². The third kappa shape index (κ3) is 2.99. The lowest BCUT2D eigenvalue weighted by Crippen LogP contribution is -2.27. The first-order valence-electron chi connectivity index (χ1n) is 9.55. The van der Waals surface area contributed by atoms with Gasteiger partial charge in [0, 0.05) is 35.2 Å². The Balaban J connectivity index is 1.63. The molecule has 0 unspecified atom stereocenters. The average molecular weight is 408 g/mol. The maximum atomic E-state index is 13.4. The molecule has 3 heterocycles. The molecule has 0 amide bonds. The van der Waals surface area contributed by atoms with Crippen molar-refractivity contribution in [3.8, 4) is 11.5 Å². The normalized spacial score (nSPS) is 20.5. The molecule has 1 aromatic carbocycles. The topological polar surface area (TPSA) is 112 Å². The number of allylic oxidation sites excluding steroid dienone is 1. The SMILES string of the molecule is COc1ccc([C@H]2Nc3nonc3NC3=C2C(=O)C[C@H](c2ccco2)C3)c(OC)c1. The Morgan fingerprint density at radius 2 is 1.97 bits per heavy atom. The molecular weight excluding hydrogens is 388 g/mol. The van der Waals surface area contributed by atoms with Crippen molar-refractivity contribution in [2.24, 2.45) is 0 Å². The minimum atomic E-state index is -0.494. The second-order valence-electron chi connectivity index (χ2n) is 7.21. The Labute approximate surface area is 172 Å². The standard InChI is InChI=1S/C21H20N4O5/c1-27-12-5-6-13(17(10-12)28-2)19-18-14(22-20-21(23-19)25-30-24-20)8-11(9-15(18)26)16-4-3-7-29-16/h3-7,10-11,19H,8-9H2,1-2H3,(H,22,24)(H,23,25)/t11-,19-/m1/s1. The highest BCUT2D eigenvalue weighted by atomic mass is 16.6. The molecule has 154 valence electrons. The predicted molar refractivity (Wildman–Crippen MR) is 107 cm³/mol. The lowest BCUT2D eigenvalue weighted by atomic mass is 9.80. The van der Waals surface area contributed by atoms with Gasteiger partial charge in [-0.3, -0.25) is 4.79 Å².